The first-order valence-corrected chi connectivity index (χ1v) is 34.5. The second kappa shape index (κ2) is 32.8. The normalized spacial score (nSPS) is 14.2. The van der Waals surface area contributed by atoms with E-state index in [1.165, 1.54) is 59.0 Å². The van der Waals surface area contributed by atoms with Gasteiger partial charge in [0.1, 0.15) is 42.0 Å². The van der Waals surface area contributed by atoms with Crippen LogP contribution in [0.1, 0.15) is 150 Å². The van der Waals surface area contributed by atoms with Gasteiger partial charge in [-0.1, -0.05) is 176 Å². The zero-order valence-electron chi connectivity index (χ0n) is 59.3. The Morgan fingerprint density at radius 3 is 1.67 bits per heavy atom. The van der Waals surface area contributed by atoms with E-state index < -0.39 is 116 Å². The van der Waals surface area contributed by atoms with Crippen molar-refractivity contribution >= 4 is 63.5 Å². The molecule has 0 saturated carbocycles. The highest BCUT2D eigenvalue weighted by Gasteiger charge is 2.46. The molecule has 0 unspecified atom stereocenters. The molecular weight excluding hydrogens is 1250 g/mol. The van der Waals surface area contributed by atoms with Gasteiger partial charge in [0.15, 0.2) is 0 Å². The molecule has 5 aromatic rings. The molecule has 5 aromatic carbocycles. The molecule has 97 heavy (non-hydrogen) atoms. The SMILES string of the molecule is C/C(=C\[C@H](C(C)C)N(C)C(=O)[C@@H](NC(=O)[C@@H](N(C)C(=O)OC(C)(C)C)C(C)(C)c1ccccc1)C(C)(C)C)C(=O)NS(=O)(=O)Cc1ccc(NC(=O)[C@@H](CCCCN(C)C(=O)OC(C)(C)C)NC(=O)[C@@H](Cc2ccccc2)NC(=O)OCC2c3ccccc3-c3ccccc32)cc1. The zero-order chi connectivity index (χ0) is 72.0. The molecule has 0 radical (unpaired) electrons. The number of hydrogen-bond acceptors (Lipinski definition) is 13. The number of unbranched alkanes of at least 4 members (excludes halogenated alkanes) is 1. The van der Waals surface area contributed by atoms with Crippen LogP contribution in [0, 0.1) is 11.3 Å². The molecule has 5 atom stereocenters. The van der Waals surface area contributed by atoms with E-state index >= 15 is 0 Å². The van der Waals surface area contributed by atoms with Gasteiger partial charge in [0.25, 0.3) is 5.91 Å². The topological polar surface area (TPSA) is 268 Å². The molecule has 8 amide bonds. The van der Waals surface area contributed by atoms with E-state index in [0.29, 0.717) is 12.8 Å². The highest BCUT2D eigenvalue weighted by atomic mass is 32.2. The van der Waals surface area contributed by atoms with Crippen molar-refractivity contribution in [2.45, 2.75) is 181 Å². The first kappa shape index (κ1) is 77.0. The van der Waals surface area contributed by atoms with E-state index in [9.17, 15) is 46.8 Å². The number of carbonyl (C=O) groups excluding carboxylic acids is 8. The molecule has 0 aromatic heterocycles. The second-order valence-electron chi connectivity index (χ2n) is 29.0. The van der Waals surface area contributed by atoms with Gasteiger partial charge in [-0.2, -0.15) is 0 Å². The maximum absolute atomic E-state index is 14.8. The summed E-state index contributed by atoms with van der Waals surface area (Å²) < 4.78 is 46.7. The van der Waals surface area contributed by atoms with Crippen LogP contribution >= 0.6 is 0 Å². The standard InChI is InChI=1S/C75H100N8O13S/c1-48(2)61(82(16)68(88)62(72(4,5)6)79-67(87)63(83(17)71(91)96-74(10,11)12)75(13,14)52-32-22-19-23-33-52)44-49(3)64(84)80-97(92,93)47-51-39-41-53(42-40-51)76-65(85)59(38-28-29-43-81(15)70(90)95-73(7,8)9)77-66(86)60(45-50-30-20-18-21-31-50)78-69(89)94-46-58-56-36-26-24-34-54(56)55-35-25-27-37-57(55)58/h18-27,30-37,39-42,44,48,58-63H,28-29,38,43,45-47H2,1-17H3,(H,76,85)(H,77,86)(H,78,89)(H,79,87)(H,80,84)/b49-44+/t59-,60-,61-,62-,63-/m1/s1. The van der Waals surface area contributed by atoms with Crippen molar-refractivity contribution in [1.29, 1.82) is 0 Å². The number of alkyl carbamates (subject to hydrolysis) is 1. The van der Waals surface area contributed by atoms with Crippen LogP contribution in [0.15, 0.2) is 145 Å². The van der Waals surface area contributed by atoms with Crippen molar-refractivity contribution in [1.82, 2.24) is 35.4 Å². The van der Waals surface area contributed by atoms with Gasteiger partial charge in [0.2, 0.25) is 33.7 Å². The van der Waals surface area contributed by atoms with Crippen LogP contribution in [-0.4, -0.2) is 147 Å². The Labute approximate surface area is 573 Å². The van der Waals surface area contributed by atoms with Crippen LogP contribution in [0.4, 0.5) is 20.1 Å². The number of amides is 8. The summed E-state index contributed by atoms with van der Waals surface area (Å²) in [6.45, 7) is 24.9. The maximum atomic E-state index is 14.8. The lowest BCUT2D eigenvalue weighted by atomic mass is 9.76. The Kier molecular flexibility index (Phi) is 26.0. The van der Waals surface area contributed by atoms with Crippen LogP contribution in [0.5, 0.6) is 0 Å². The van der Waals surface area contributed by atoms with Gasteiger partial charge < -0.3 is 45.3 Å². The lowest BCUT2D eigenvalue weighted by molar-refractivity contribution is -0.141. The molecule has 0 heterocycles. The number of benzene rings is 5. The van der Waals surface area contributed by atoms with Crippen LogP contribution in [0.25, 0.3) is 11.1 Å². The number of anilines is 1. The number of nitrogens with zero attached hydrogens (tertiary/aromatic N) is 3. The Bertz CT molecular complexity index is 3680. The summed E-state index contributed by atoms with van der Waals surface area (Å²) in [6.07, 6.45) is 0.386. The number of nitrogens with one attached hydrogen (secondary N) is 5. The molecule has 0 bridgehead atoms. The zero-order valence-corrected chi connectivity index (χ0v) is 60.1. The highest BCUT2D eigenvalue weighted by Crippen LogP contribution is 2.44. The van der Waals surface area contributed by atoms with E-state index in [0.717, 1.165) is 33.4 Å². The molecule has 1 aliphatic rings. The predicted octanol–water partition coefficient (Wildman–Crippen LogP) is 11.4. The Morgan fingerprint density at radius 1 is 0.588 bits per heavy atom. The van der Waals surface area contributed by atoms with Crippen LogP contribution in [0.3, 0.4) is 0 Å². The lowest BCUT2D eigenvalue weighted by Gasteiger charge is -2.42. The third-order valence-corrected chi connectivity index (χ3v) is 18.0. The molecule has 0 spiro atoms. The summed E-state index contributed by atoms with van der Waals surface area (Å²) in [5, 5.41) is 11.4. The molecule has 0 fully saturated rings. The average molecular weight is 1350 g/mol. The average Bonchev–Trinajstić information content (AvgIpc) is 1.71. The molecule has 1 aliphatic carbocycles. The maximum Gasteiger partial charge on any atom is 0.410 e. The van der Waals surface area contributed by atoms with Gasteiger partial charge >= 0.3 is 18.3 Å². The van der Waals surface area contributed by atoms with Gasteiger partial charge in [0.05, 0.1) is 11.8 Å². The Hall–Kier alpha value is -9.05. The fraction of sp³-hybridized carbons (Fsp3) is 0.467. The van der Waals surface area contributed by atoms with Gasteiger partial charge in [-0.3, -0.25) is 28.9 Å². The van der Waals surface area contributed by atoms with Crippen molar-refractivity contribution in [2.24, 2.45) is 11.3 Å². The van der Waals surface area contributed by atoms with Crippen molar-refractivity contribution in [2.75, 3.05) is 39.6 Å². The minimum Gasteiger partial charge on any atom is -0.449 e. The van der Waals surface area contributed by atoms with Crippen molar-refractivity contribution in [3.05, 3.63) is 173 Å². The van der Waals surface area contributed by atoms with E-state index in [-0.39, 0.29) is 54.7 Å². The van der Waals surface area contributed by atoms with Gasteiger partial charge in [0, 0.05) is 56.7 Å². The molecule has 0 saturated heterocycles. The van der Waals surface area contributed by atoms with Crippen LogP contribution < -0.4 is 26.0 Å². The smallest absolute Gasteiger partial charge is 0.410 e. The molecular formula is C75H100N8O13S. The third-order valence-electron chi connectivity index (χ3n) is 16.8. The molecule has 21 nitrogen and oxygen atoms in total. The summed E-state index contributed by atoms with van der Waals surface area (Å²) in [4.78, 5) is 117. The molecule has 0 aliphatic heterocycles. The summed E-state index contributed by atoms with van der Waals surface area (Å²) in [5.41, 5.74) is 2.69. The van der Waals surface area contributed by atoms with Crippen molar-refractivity contribution in [3.8, 4) is 11.1 Å². The number of carbonyl (C=O) groups is 8. The van der Waals surface area contributed by atoms with E-state index in [1.807, 2.05) is 137 Å². The Morgan fingerprint density at radius 2 is 1.12 bits per heavy atom. The summed E-state index contributed by atoms with van der Waals surface area (Å²) in [6, 6.07) is 34.7. The number of sulfonamides is 1. The molecule has 524 valence electrons. The fourth-order valence-corrected chi connectivity index (χ4v) is 12.8. The highest BCUT2D eigenvalue weighted by molar-refractivity contribution is 7.89. The minimum atomic E-state index is -4.36. The lowest BCUT2D eigenvalue weighted by Crippen LogP contribution is -2.63. The van der Waals surface area contributed by atoms with Crippen molar-refractivity contribution in [3.63, 3.8) is 0 Å². The van der Waals surface area contributed by atoms with E-state index in [4.69, 9.17) is 14.2 Å². The fourth-order valence-electron chi connectivity index (χ4n) is 11.7. The largest absolute Gasteiger partial charge is 0.449 e. The summed E-state index contributed by atoms with van der Waals surface area (Å²) in [5.74, 6) is -4.50. The van der Waals surface area contributed by atoms with Crippen LogP contribution in [0.2, 0.25) is 0 Å². The van der Waals surface area contributed by atoms with Gasteiger partial charge in [-0.25, -0.2) is 27.5 Å². The first-order valence-electron chi connectivity index (χ1n) is 32.9. The van der Waals surface area contributed by atoms with E-state index in [1.54, 1.807) is 76.4 Å². The summed E-state index contributed by atoms with van der Waals surface area (Å²) >= 11 is 0. The first-order chi connectivity index (χ1) is 45.3. The van der Waals surface area contributed by atoms with Gasteiger partial charge in [-0.05, 0) is 130 Å². The van der Waals surface area contributed by atoms with Gasteiger partial charge in [-0.15, -0.1) is 0 Å². The monoisotopic (exact) mass is 1350 g/mol. The van der Waals surface area contributed by atoms with Crippen molar-refractivity contribution < 1.29 is 61.0 Å². The minimum absolute atomic E-state index is 0.00198. The predicted molar refractivity (Wildman–Crippen MR) is 376 cm³/mol. The third kappa shape index (κ3) is 22.0. The Balaban J connectivity index is 1.14. The molecule has 5 N–H and O–H groups in total. The number of ether oxygens (including phenoxy) is 3. The number of likely N-dealkylation sites (N-methyl/N-ethyl adjacent to an activating group) is 2. The quantitative estimate of drug-likeness (QED) is 0.0186. The summed E-state index contributed by atoms with van der Waals surface area (Å²) in [7, 11) is 0.278. The van der Waals surface area contributed by atoms with E-state index in [2.05, 4.69) is 26.0 Å². The number of rotatable bonds is 27. The number of hydrogen-bond donors (Lipinski definition) is 5. The second-order valence-corrected chi connectivity index (χ2v) is 30.7. The molecule has 22 heteroatoms. The molecule has 6 rings (SSSR count). The number of fused-ring (bicyclic) bond motifs is 3. The van der Waals surface area contributed by atoms with Crippen LogP contribution in [-0.2, 0) is 65.8 Å².